The minimum absolute atomic E-state index is 0.224. The summed E-state index contributed by atoms with van der Waals surface area (Å²) in [5.74, 6) is 0.524. The second-order valence-corrected chi connectivity index (χ2v) is 7.88. The quantitative estimate of drug-likeness (QED) is 0.430. The van der Waals surface area contributed by atoms with Crippen LogP contribution < -0.4 is 9.47 Å². The topological polar surface area (TPSA) is 65.1 Å². The van der Waals surface area contributed by atoms with Crippen LogP contribution in [0.5, 0.6) is 11.5 Å². The van der Waals surface area contributed by atoms with E-state index in [1.54, 1.807) is 32.1 Å². The van der Waals surface area contributed by atoms with Gasteiger partial charge in [0.2, 0.25) is 0 Å². The minimum Gasteiger partial charge on any atom is -0.493 e. The molecule has 0 atom stereocenters. The van der Waals surface area contributed by atoms with E-state index in [0.29, 0.717) is 41.3 Å². The van der Waals surface area contributed by atoms with Crippen molar-refractivity contribution in [1.29, 1.82) is 0 Å². The molecule has 0 fully saturated rings. The molecule has 2 aromatic carbocycles. The van der Waals surface area contributed by atoms with Gasteiger partial charge in [-0.15, -0.1) is 0 Å². The number of esters is 1. The Morgan fingerprint density at radius 3 is 2.45 bits per heavy atom. The number of carbonyl (C=O) groups excluding carboxylic acids is 2. The molecule has 0 radical (unpaired) electrons. The van der Waals surface area contributed by atoms with Crippen molar-refractivity contribution in [3.05, 3.63) is 74.9 Å². The van der Waals surface area contributed by atoms with Crippen molar-refractivity contribution in [2.24, 2.45) is 0 Å². The van der Waals surface area contributed by atoms with Crippen molar-refractivity contribution in [2.45, 2.75) is 13.3 Å². The lowest BCUT2D eigenvalue weighted by molar-refractivity contribution is -0.136. The third kappa shape index (κ3) is 4.82. The molecule has 1 aliphatic heterocycles. The first kappa shape index (κ1) is 22.6. The molecule has 0 N–H and O–H groups in total. The van der Waals surface area contributed by atoms with Gasteiger partial charge in [0.25, 0.3) is 5.91 Å². The number of hydrogen-bond donors (Lipinski definition) is 0. The van der Waals surface area contributed by atoms with E-state index in [4.69, 9.17) is 14.2 Å². The van der Waals surface area contributed by atoms with Crippen LogP contribution in [0.4, 0.5) is 0 Å². The summed E-state index contributed by atoms with van der Waals surface area (Å²) >= 11 is 3.43. The van der Waals surface area contributed by atoms with Crippen LogP contribution in [0.15, 0.2) is 63.8 Å². The predicted molar refractivity (Wildman–Crippen MR) is 122 cm³/mol. The molecule has 0 aliphatic carbocycles. The number of nitrogens with zero attached hydrogens (tertiary/aromatic N) is 1. The second kappa shape index (κ2) is 9.83. The Bertz CT molecular complexity index is 1070. The van der Waals surface area contributed by atoms with E-state index >= 15 is 0 Å². The number of allylic oxidation sites excluding steroid dienone is 1. The number of benzene rings is 2. The molecule has 0 saturated carbocycles. The summed E-state index contributed by atoms with van der Waals surface area (Å²) in [6.07, 6.45) is 2.31. The maximum absolute atomic E-state index is 13.2. The van der Waals surface area contributed by atoms with Crippen molar-refractivity contribution in [3.8, 4) is 11.5 Å². The van der Waals surface area contributed by atoms with E-state index in [9.17, 15) is 9.59 Å². The molecule has 0 saturated heterocycles. The number of rotatable bonds is 7. The van der Waals surface area contributed by atoms with Gasteiger partial charge in [-0.3, -0.25) is 4.79 Å². The Kier molecular flexibility index (Phi) is 7.17. The minimum atomic E-state index is -0.527. The molecular formula is C24H24BrNO5. The normalized spacial score (nSPS) is 14.9. The van der Waals surface area contributed by atoms with Gasteiger partial charge in [-0.25, -0.2) is 4.79 Å². The average Bonchev–Trinajstić information content (AvgIpc) is 3.00. The molecule has 2 aromatic rings. The van der Waals surface area contributed by atoms with E-state index in [-0.39, 0.29) is 5.91 Å². The van der Waals surface area contributed by atoms with Crippen LogP contribution in [-0.2, 0) is 20.7 Å². The first-order valence-corrected chi connectivity index (χ1v) is 10.5. The Labute approximate surface area is 190 Å². The van der Waals surface area contributed by atoms with Gasteiger partial charge < -0.3 is 19.1 Å². The highest BCUT2D eigenvalue weighted by Gasteiger charge is 2.36. The summed E-state index contributed by atoms with van der Waals surface area (Å²) in [7, 11) is 4.48. The van der Waals surface area contributed by atoms with Crippen molar-refractivity contribution in [1.82, 2.24) is 4.90 Å². The molecule has 7 heteroatoms. The summed E-state index contributed by atoms with van der Waals surface area (Å²) in [5.41, 5.74) is 3.00. The highest BCUT2D eigenvalue weighted by Crippen LogP contribution is 2.33. The number of ether oxygens (including phenoxy) is 3. The maximum Gasteiger partial charge on any atom is 0.340 e. The third-order valence-corrected chi connectivity index (χ3v) is 5.63. The Morgan fingerprint density at radius 2 is 1.81 bits per heavy atom. The van der Waals surface area contributed by atoms with Gasteiger partial charge in [-0.2, -0.15) is 0 Å². The Balaban J connectivity index is 1.90. The second-order valence-electron chi connectivity index (χ2n) is 6.96. The predicted octanol–water partition coefficient (Wildman–Crippen LogP) is 4.38. The Morgan fingerprint density at radius 1 is 1.06 bits per heavy atom. The van der Waals surface area contributed by atoms with Crippen LogP contribution in [0.25, 0.3) is 6.08 Å². The van der Waals surface area contributed by atoms with Crippen molar-refractivity contribution < 1.29 is 23.8 Å². The molecule has 1 heterocycles. The van der Waals surface area contributed by atoms with E-state index in [0.717, 1.165) is 15.6 Å². The zero-order chi connectivity index (χ0) is 22.5. The largest absolute Gasteiger partial charge is 0.493 e. The highest BCUT2D eigenvalue weighted by atomic mass is 79.9. The fraction of sp³-hybridized carbons (Fsp3) is 0.250. The molecule has 1 aliphatic rings. The number of amides is 1. The van der Waals surface area contributed by atoms with Gasteiger partial charge in [0.1, 0.15) is 0 Å². The van der Waals surface area contributed by atoms with E-state index < -0.39 is 5.97 Å². The van der Waals surface area contributed by atoms with Gasteiger partial charge in [0.15, 0.2) is 11.5 Å². The fourth-order valence-electron chi connectivity index (χ4n) is 3.54. The lowest BCUT2D eigenvalue weighted by atomic mass is 10.0. The van der Waals surface area contributed by atoms with Crippen molar-refractivity contribution >= 4 is 33.9 Å². The SMILES string of the molecule is COC(=O)C1=C(C)N(CCc2ccc(OC)c(OC)c2)C(=O)/C1=C\c1cccc(Br)c1. The lowest BCUT2D eigenvalue weighted by Crippen LogP contribution is -2.27. The van der Waals surface area contributed by atoms with Gasteiger partial charge in [-0.1, -0.05) is 34.1 Å². The van der Waals surface area contributed by atoms with Gasteiger partial charge >= 0.3 is 5.97 Å². The lowest BCUT2D eigenvalue weighted by Gasteiger charge is -2.18. The van der Waals surface area contributed by atoms with Gasteiger partial charge in [0, 0.05) is 16.7 Å². The molecule has 0 bridgehead atoms. The summed E-state index contributed by atoms with van der Waals surface area (Å²) in [4.78, 5) is 27.3. The number of hydrogen-bond acceptors (Lipinski definition) is 5. The van der Waals surface area contributed by atoms with E-state index in [2.05, 4.69) is 15.9 Å². The molecule has 162 valence electrons. The summed E-state index contributed by atoms with van der Waals surface area (Å²) in [5, 5.41) is 0. The van der Waals surface area contributed by atoms with Crippen LogP contribution in [-0.4, -0.2) is 44.7 Å². The third-order valence-electron chi connectivity index (χ3n) is 5.13. The summed E-state index contributed by atoms with van der Waals surface area (Å²) < 4.78 is 16.5. The average molecular weight is 486 g/mol. The molecule has 0 aromatic heterocycles. The summed E-state index contributed by atoms with van der Waals surface area (Å²) in [6, 6.07) is 13.2. The van der Waals surface area contributed by atoms with Crippen LogP contribution in [0.1, 0.15) is 18.1 Å². The van der Waals surface area contributed by atoms with Crippen LogP contribution in [0.3, 0.4) is 0 Å². The maximum atomic E-state index is 13.2. The first-order chi connectivity index (χ1) is 14.9. The van der Waals surface area contributed by atoms with Crippen LogP contribution in [0, 0.1) is 0 Å². The number of methoxy groups -OCH3 is 3. The van der Waals surface area contributed by atoms with Gasteiger partial charge in [-0.05, 0) is 54.8 Å². The van der Waals surface area contributed by atoms with Gasteiger partial charge in [0.05, 0.1) is 32.5 Å². The standard InChI is InChI=1S/C24H24BrNO5/c1-15-22(24(28)31-4)19(13-17-6-5-7-18(25)12-17)23(27)26(15)11-10-16-8-9-20(29-2)21(14-16)30-3/h5-9,12-14H,10-11H2,1-4H3/b19-13-. The van der Waals surface area contributed by atoms with Crippen LogP contribution in [0.2, 0.25) is 0 Å². The van der Waals surface area contributed by atoms with E-state index in [1.807, 2.05) is 42.5 Å². The molecule has 0 spiro atoms. The smallest absolute Gasteiger partial charge is 0.340 e. The van der Waals surface area contributed by atoms with Crippen LogP contribution >= 0.6 is 15.9 Å². The van der Waals surface area contributed by atoms with Crippen molar-refractivity contribution in [2.75, 3.05) is 27.9 Å². The molecular weight excluding hydrogens is 462 g/mol. The molecule has 3 rings (SSSR count). The number of carbonyl (C=O) groups is 2. The summed E-state index contributed by atoms with van der Waals surface area (Å²) in [6.45, 7) is 2.18. The zero-order valence-corrected chi connectivity index (χ0v) is 19.5. The number of halogens is 1. The zero-order valence-electron chi connectivity index (χ0n) is 17.9. The van der Waals surface area contributed by atoms with E-state index in [1.165, 1.54) is 7.11 Å². The first-order valence-electron chi connectivity index (χ1n) is 9.69. The Hall–Kier alpha value is -3.06. The fourth-order valence-corrected chi connectivity index (χ4v) is 3.95. The monoisotopic (exact) mass is 485 g/mol. The van der Waals surface area contributed by atoms with Crippen molar-refractivity contribution in [3.63, 3.8) is 0 Å². The molecule has 1 amide bonds. The highest BCUT2D eigenvalue weighted by molar-refractivity contribution is 9.10. The molecule has 0 unspecified atom stereocenters. The molecule has 6 nitrogen and oxygen atoms in total. The molecule has 31 heavy (non-hydrogen) atoms.